The van der Waals surface area contributed by atoms with Gasteiger partial charge in [0.15, 0.2) is 0 Å². The Hall–Kier alpha value is -2.29. The fraction of sp³-hybridized carbons (Fsp3) is 0.391. The molecule has 0 heterocycles. The molecule has 1 atom stereocenters. The van der Waals surface area contributed by atoms with Crippen molar-refractivity contribution in [1.82, 2.24) is 10.2 Å². The Bertz CT molecular complexity index is 1080. The molecule has 2 rings (SSSR count). The molecule has 0 unspecified atom stereocenters. The van der Waals surface area contributed by atoms with Crippen LogP contribution < -0.4 is 9.62 Å². The maximum absolute atomic E-state index is 13.4. The summed E-state index contributed by atoms with van der Waals surface area (Å²) in [5, 5.41) is 3.24. The zero-order valence-electron chi connectivity index (χ0n) is 19.1. The first-order valence-corrected chi connectivity index (χ1v) is 13.0. The highest BCUT2D eigenvalue weighted by Crippen LogP contribution is 2.30. The molecule has 33 heavy (non-hydrogen) atoms. The fourth-order valence-electron chi connectivity index (χ4n) is 3.09. The number of sulfonamides is 1. The van der Waals surface area contributed by atoms with Crippen molar-refractivity contribution < 1.29 is 18.0 Å². The Morgan fingerprint density at radius 3 is 2.24 bits per heavy atom. The molecule has 0 aliphatic heterocycles. The molecule has 7 nitrogen and oxygen atoms in total. The van der Waals surface area contributed by atoms with Gasteiger partial charge in [0.25, 0.3) is 0 Å². The molecule has 180 valence electrons. The van der Waals surface area contributed by atoms with Crippen LogP contribution in [0.2, 0.25) is 10.0 Å². The van der Waals surface area contributed by atoms with E-state index in [1.807, 2.05) is 44.2 Å². The lowest BCUT2D eigenvalue weighted by Gasteiger charge is -2.32. The van der Waals surface area contributed by atoms with E-state index in [0.29, 0.717) is 6.54 Å². The van der Waals surface area contributed by atoms with Crippen LogP contribution in [0.4, 0.5) is 5.69 Å². The van der Waals surface area contributed by atoms with Crippen molar-refractivity contribution >= 4 is 50.7 Å². The highest BCUT2D eigenvalue weighted by atomic mass is 35.5. The lowest BCUT2D eigenvalue weighted by molar-refractivity contribution is -0.139. The van der Waals surface area contributed by atoms with Gasteiger partial charge in [0, 0.05) is 18.1 Å². The first-order valence-electron chi connectivity index (χ1n) is 10.4. The quantitative estimate of drug-likeness (QED) is 0.520. The van der Waals surface area contributed by atoms with Gasteiger partial charge in [-0.05, 0) is 36.6 Å². The van der Waals surface area contributed by atoms with Crippen molar-refractivity contribution in [1.29, 1.82) is 0 Å². The third kappa shape index (κ3) is 7.91. The van der Waals surface area contributed by atoms with Gasteiger partial charge >= 0.3 is 0 Å². The predicted molar refractivity (Wildman–Crippen MR) is 133 cm³/mol. The molecule has 0 saturated heterocycles. The Labute approximate surface area is 205 Å². The van der Waals surface area contributed by atoms with Crippen molar-refractivity contribution in [3.8, 4) is 0 Å². The smallest absolute Gasteiger partial charge is 0.244 e. The fourth-order valence-corrected chi connectivity index (χ4v) is 4.38. The number of nitrogens with one attached hydrogen (secondary N) is 1. The first-order chi connectivity index (χ1) is 15.4. The molecular weight excluding hydrogens is 485 g/mol. The molecule has 0 bridgehead atoms. The standard InChI is InChI=1S/C23H29Cl2N3O4S/c1-16(2)13-26-23(30)17(3)27(14-18-8-6-5-7-9-18)22(29)15-28(33(4,31)32)21-12-19(24)10-11-20(21)25/h5-12,16-17H,13-15H2,1-4H3,(H,26,30)/t17-/m0/s1. The van der Waals surface area contributed by atoms with Gasteiger partial charge in [-0.3, -0.25) is 13.9 Å². The van der Waals surface area contributed by atoms with E-state index in [1.54, 1.807) is 6.92 Å². The second-order valence-electron chi connectivity index (χ2n) is 8.19. The monoisotopic (exact) mass is 513 g/mol. The zero-order valence-corrected chi connectivity index (χ0v) is 21.4. The van der Waals surface area contributed by atoms with Crippen LogP contribution in [0.3, 0.4) is 0 Å². The van der Waals surface area contributed by atoms with Crippen molar-refractivity contribution in [3.63, 3.8) is 0 Å². The van der Waals surface area contributed by atoms with Gasteiger partial charge in [0.2, 0.25) is 21.8 Å². The van der Waals surface area contributed by atoms with Crippen LogP contribution in [0.15, 0.2) is 48.5 Å². The zero-order chi connectivity index (χ0) is 24.8. The Morgan fingerprint density at radius 2 is 1.67 bits per heavy atom. The van der Waals surface area contributed by atoms with Crippen molar-refractivity contribution in [2.45, 2.75) is 33.4 Å². The number of benzene rings is 2. The number of nitrogens with zero attached hydrogens (tertiary/aromatic N) is 2. The van der Waals surface area contributed by atoms with Crippen LogP contribution in [0.25, 0.3) is 0 Å². The summed E-state index contributed by atoms with van der Waals surface area (Å²) in [4.78, 5) is 27.5. The highest BCUT2D eigenvalue weighted by molar-refractivity contribution is 7.92. The molecule has 2 aromatic carbocycles. The number of anilines is 1. The molecule has 10 heteroatoms. The first kappa shape index (κ1) is 27.0. The normalized spacial score (nSPS) is 12.3. The minimum absolute atomic E-state index is 0.0941. The van der Waals surface area contributed by atoms with E-state index >= 15 is 0 Å². The largest absolute Gasteiger partial charge is 0.354 e. The SMILES string of the molecule is CC(C)CNC(=O)[C@H](C)N(Cc1ccccc1)C(=O)CN(c1cc(Cl)ccc1Cl)S(C)(=O)=O. The third-order valence-corrected chi connectivity index (χ3v) is 6.58. The number of carbonyl (C=O) groups is 2. The summed E-state index contributed by atoms with van der Waals surface area (Å²) in [6.07, 6.45) is 0.984. The second-order valence-corrected chi connectivity index (χ2v) is 10.9. The topological polar surface area (TPSA) is 86.8 Å². The van der Waals surface area contributed by atoms with Crippen LogP contribution >= 0.6 is 23.2 Å². The van der Waals surface area contributed by atoms with Gasteiger partial charge in [0.1, 0.15) is 12.6 Å². The van der Waals surface area contributed by atoms with Gasteiger partial charge in [-0.15, -0.1) is 0 Å². The van der Waals surface area contributed by atoms with Crippen molar-refractivity contribution in [3.05, 3.63) is 64.1 Å². The van der Waals surface area contributed by atoms with Crippen LogP contribution in [0.5, 0.6) is 0 Å². The average Bonchev–Trinajstić information content (AvgIpc) is 2.75. The molecule has 2 aromatic rings. The van der Waals surface area contributed by atoms with Gasteiger partial charge in [-0.2, -0.15) is 0 Å². The molecule has 0 fully saturated rings. The number of carbonyl (C=O) groups excluding carboxylic acids is 2. The van der Waals surface area contributed by atoms with Gasteiger partial charge < -0.3 is 10.2 Å². The molecule has 2 amide bonds. The van der Waals surface area contributed by atoms with Gasteiger partial charge in [0.05, 0.1) is 17.0 Å². The number of hydrogen-bond donors (Lipinski definition) is 1. The minimum atomic E-state index is -3.88. The molecule has 0 saturated carbocycles. The maximum atomic E-state index is 13.4. The number of amides is 2. The molecule has 0 aromatic heterocycles. The molecule has 1 N–H and O–H groups in total. The van der Waals surface area contributed by atoms with Crippen molar-refractivity contribution in [2.24, 2.45) is 5.92 Å². The second kappa shape index (κ2) is 11.7. The Morgan fingerprint density at radius 1 is 1.03 bits per heavy atom. The molecule has 0 aliphatic carbocycles. The van der Waals surface area contributed by atoms with Crippen LogP contribution in [0, 0.1) is 5.92 Å². The summed E-state index contributed by atoms with van der Waals surface area (Å²) in [6.45, 7) is 5.62. The van der Waals surface area contributed by atoms with Gasteiger partial charge in [-0.25, -0.2) is 8.42 Å². The summed E-state index contributed by atoms with van der Waals surface area (Å²) in [7, 11) is -3.88. The summed E-state index contributed by atoms with van der Waals surface area (Å²) in [5.41, 5.74) is 0.901. The minimum Gasteiger partial charge on any atom is -0.354 e. The highest BCUT2D eigenvalue weighted by Gasteiger charge is 2.30. The van der Waals surface area contributed by atoms with E-state index in [0.717, 1.165) is 16.1 Å². The Balaban J connectivity index is 2.38. The Kier molecular flexibility index (Phi) is 9.57. The average molecular weight is 514 g/mol. The molecule has 0 spiro atoms. The third-order valence-electron chi connectivity index (χ3n) is 4.90. The lowest BCUT2D eigenvalue weighted by Crippen LogP contribution is -2.51. The number of halogens is 2. The van der Waals surface area contributed by atoms with E-state index in [1.165, 1.54) is 23.1 Å². The van der Waals surface area contributed by atoms with Crippen LogP contribution in [-0.4, -0.2) is 50.5 Å². The summed E-state index contributed by atoms with van der Waals surface area (Å²) in [6, 6.07) is 12.7. The van der Waals surface area contributed by atoms with Crippen molar-refractivity contribution in [2.75, 3.05) is 23.7 Å². The predicted octanol–water partition coefficient (Wildman–Crippen LogP) is 3.95. The molecular formula is C23H29Cl2N3O4S. The van der Waals surface area contributed by atoms with E-state index in [9.17, 15) is 18.0 Å². The number of hydrogen-bond acceptors (Lipinski definition) is 4. The van der Waals surface area contributed by atoms with E-state index in [2.05, 4.69) is 5.32 Å². The van der Waals surface area contributed by atoms with E-state index < -0.39 is 28.5 Å². The summed E-state index contributed by atoms with van der Waals surface area (Å²) >= 11 is 12.3. The lowest BCUT2D eigenvalue weighted by atomic mass is 10.1. The summed E-state index contributed by atoms with van der Waals surface area (Å²) < 4.78 is 26.0. The van der Waals surface area contributed by atoms with E-state index in [4.69, 9.17) is 23.2 Å². The van der Waals surface area contributed by atoms with Crippen LogP contribution in [0.1, 0.15) is 26.3 Å². The summed E-state index contributed by atoms with van der Waals surface area (Å²) in [5.74, 6) is -0.627. The van der Waals surface area contributed by atoms with E-state index in [-0.39, 0.29) is 34.1 Å². The van der Waals surface area contributed by atoms with Crippen LogP contribution in [-0.2, 0) is 26.2 Å². The molecule has 0 radical (unpaired) electrons. The van der Waals surface area contributed by atoms with Gasteiger partial charge in [-0.1, -0.05) is 67.4 Å². The maximum Gasteiger partial charge on any atom is 0.244 e. The molecule has 0 aliphatic rings. The number of rotatable bonds is 10.